The van der Waals surface area contributed by atoms with Gasteiger partial charge in [0.05, 0.1) is 0 Å². The summed E-state index contributed by atoms with van der Waals surface area (Å²) < 4.78 is 0. The summed E-state index contributed by atoms with van der Waals surface area (Å²) in [5, 5.41) is 10.2. The molecular formula is C16H20O. The summed E-state index contributed by atoms with van der Waals surface area (Å²) in [6.07, 6.45) is 8.39. The molecule has 0 saturated heterocycles. The van der Waals surface area contributed by atoms with Gasteiger partial charge in [-0.3, -0.25) is 0 Å². The van der Waals surface area contributed by atoms with Gasteiger partial charge in [-0.2, -0.15) is 0 Å². The lowest BCUT2D eigenvalue weighted by molar-refractivity contribution is -0.00613. The van der Waals surface area contributed by atoms with E-state index in [-0.39, 0.29) is 0 Å². The Morgan fingerprint density at radius 2 is 1.41 bits per heavy atom. The molecule has 0 aliphatic heterocycles. The van der Waals surface area contributed by atoms with Crippen molar-refractivity contribution >= 4 is 0 Å². The summed E-state index contributed by atoms with van der Waals surface area (Å²) in [6, 6.07) is 8.07. The maximum absolute atomic E-state index is 10.2. The first-order valence-electron chi connectivity index (χ1n) is 7.04. The molecule has 0 heterocycles. The third-order valence-corrected chi connectivity index (χ3v) is 5.51. The fraction of sp³-hybridized carbons (Fsp3) is 0.625. The maximum atomic E-state index is 10.2. The van der Waals surface area contributed by atoms with Gasteiger partial charge in [0.2, 0.25) is 0 Å². The average Bonchev–Trinajstić information content (AvgIpc) is 2.27. The highest BCUT2D eigenvalue weighted by molar-refractivity contribution is 5.40. The van der Waals surface area contributed by atoms with Crippen LogP contribution in [-0.2, 0) is 5.41 Å². The molecule has 4 aliphatic rings. The van der Waals surface area contributed by atoms with Crippen LogP contribution in [0, 0.1) is 17.8 Å². The Labute approximate surface area is 103 Å². The van der Waals surface area contributed by atoms with Crippen molar-refractivity contribution in [2.45, 2.75) is 43.9 Å². The summed E-state index contributed by atoms with van der Waals surface area (Å²) in [6.45, 7) is 0. The van der Waals surface area contributed by atoms with Crippen LogP contribution in [0.4, 0.5) is 0 Å². The second-order valence-electron chi connectivity index (χ2n) is 6.72. The van der Waals surface area contributed by atoms with Crippen molar-refractivity contribution in [1.29, 1.82) is 0 Å². The van der Waals surface area contributed by atoms with E-state index in [0.29, 0.717) is 11.2 Å². The van der Waals surface area contributed by atoms with E-state index >= 15 is 0 Å². The van der Waals surface area contributed by atoms with Crippen molar-refractivity contribution in [3.63, 3.8) is 0 Å². The van der Waals surface area contributed by atoms with Gasteiger partial charge in [-0.15, -0.1) is 0 Å². The molecule has 1 nitrogen and oxygen atoms in total. The first-order chi connectivity index (χ1) is 8.25. The lowest BCUT2D eigenvalue weighted by Gasteiger charge is -2.57. The Balaban J connectivity index is 1.80. The Bertz CT molecular complexity index is 413. The van der Waals surface area contributed by atoms with Gasteiger partial charge in [0, 0.05) is 5.56 Å². The number of para-hydroxylation sites is 1. The molecule has 4 bridgehead atoms. The highest BCUT2D eigenvalue weighted by atomic mass is 16.3. The van der Waals surface area contributed by atoms with Gasteiger partial charge in [-0.25, -0.2) is 0 Å². The number of phenolic OH excluding ortho intramolecular Hbond substituents is 1. The number of benzene rings is 1. The summed E-state index contributed by atoms with van der Waals surface area (Å²) in [5.41, 5.74) is 1.58. The summed E-state index contributed by atoms with van der Waals surface area (Å²) in [5.74, 6) is 3.37. The second-order valence-corrected chi connectivity index (χ2v) is 6.72. The molecule has 1 heteroatoms. The van der Waals surface area contributed by atoms with Crippen LogP contribution < -0.4 is 0 Å². The van der Waals surface area contributed by atoms with E-state index in [1.165, 1.54) is 44.1 Å². The zero-order valence-corrected chi connectivity index (χ0v) is 10.2. The Kier molecular flexibility index (Phi) is 1.93. The SMILES string of the molecule is Oc1ccccc1C12CC3CC(CC(C3)C1)C2. The minimum absolute atomic E-state index is 0.333. The molecule has 1 aromatic rings. The smallest absolute Gasteiger partial charge is 0.119 e. The van der Waals surface area contributed by atoms with Crippen LogP contribution in [0.25, 0.3) is 0 Å². The molecule has 4 aliphatic carbocycles. The van der Waals surface area contributed by atoms with Crippen molar-refractivity contribution in [3.8, 4) is 5.75 Å². The number of hydrogen-bond donors (Lipinski definition) is 1. The molecule has 5 rings (SSSR count). The van der Waals surface area contributed by atoms with Crippen molar-refractivity contribution in [2.75, 3.05) is 0 Å². The van der Waals surface area contributed by atoms with Crippen LogP contribution in [0.3, 0.4) is 0 Å². The zero-order valence-electron chi connectivity index (χ0n) is 10.2. The molecule has 0 amide bonds. The number of rotatable bonds is 1. The minimum atomic E-state index is 0.333. The quantitative estimate of drug-likeness (QED) is 0.774. The average molecular weight is 228 g/mol. The third-order valence-electron chi connectivity index (χ3n) is 5.51. The highest BCUT2D eigenvalue weighted by Gasteiger charge is 2.52. The van der Waals surface area contributed by atoms with Crippen molar-refractivity contribution < 1.29 is 5.11 Å². The van der Waals surface area contributed by atoms with Crippen molar-refractivity contribution in [3.05, 3.63) is 29.8 Å². The summed E-state index contributed by atoms with van der Waals surface area (Å²) >= 11 is 0. The monoisotopic (exact) mass is 228 g/mol. The van der Waals surface area contributed by atoms with E-state index in [1.807, 2.05) is 12.1 Å². The van der Waals surface area contributed by atoms with Gasteiger partial charge in [-0.05, 0) is 67.8 Å². The van der Waals surface area contributed by atoms with Crippen LogP contribution in [-0.4, -0.2) is 5.11 Å². The normalized spacial score (nSPS) is 42.9. The minimum Gasteiger partial charge on any atom is -0.508 e. The predicted octanol–water partition coefficient (Wildman–Crippen LogP) is 3.86. The summed E-state index contributed by atoms with van der Waals surface area (Å²) in [4.78, 5) is 0. The van der Waals surface area contributed by atoms with Crippen LogP contribution in [0.2, 0.25) is 0 Å². The van der Waals surface area contributed by atoms with Gasteiger partial charge in [0.1, 0.15) is 5.75 Å². The van der Waals surface area contributed by atoms with Crippen molar-refractivity contribution in [2.24, 2.45) is 17.8 Å². The van der Waals surface area contributed by atoms with E-state index in [0.717, 1.165) is 17.8 Å². The van der Waals surface area contributed by atoms with Crippen LogP contribution in [0.15, 0.2) is 24.3 Å². The Hall–Kier alpha value is -0.980. The molecular weight excluding hydrogens is 208 g/mol. The largest absolute Gasteiger partial charge is 0.508 e. The number of hydrogen-bond acceptors (Lipinski definition) is 1. The fourth-order valence-electron chi connectivity index (χ4n) is 5.36. The molecule has 1 N–H and O–H groups in total. The molecule has 4 fully saturated rings. The van der Waals surface area contributed by atoms with Gasteiger partial charge >= 0.3 is 0 Å². The highest BCUT2D eigenvalue weighted by Crippen LogP contribution is 2.61. The molecule has 0 atom stereocenters. The third kappa shape index (κ3) is 1.38. The predicted molar refractivity (Wildman–Crippen MR) is 68.0 cm³/mol. The molecule has 4 saturated carbocycles. The van der Waals surface area contributed by atoms with E-state index in [2.05, 4.69) is 12.1 Å². The molecule has 90 valence electrons. The van der Waals surface area contributed by atoms with E-state index in [9.17, 15) is 5.11 Å². The van der Waals surface area contributed by atoms with Gasteiger partial charge in [-0.1, -0.05) is 18.2 Å². The maximum Gasteiger partial charge on any atom is 0.119 e. The molecule has 0 spiro atoms. The fourth-order valence-corrected chi connectivity index (χ4v) is 5.36. The lowest BCUT2D eigenvalue weighted by Crippen LogP contribution is -2.48. The molecule has 0 aromatic heterocycles. The molecule has 1 aromatic carbocycles. The topological polar surface area (TPSA) is 20.2 Å². The van der Waals surface area contributed by atoms with E-state index in [4.69, 9.17) is 0 Å². The number of phenols is 1. The van der Waals surface area contributed by atoms with Crippen LogP contribution in [0.5, 0.6) is 5.75 Å². The van der Waals surface area contributed by atoms with E-state index < -0.39 is 0 Å². The molecule has 0 unspecified atom stereocenters. The second kappa shape index (κ2) is 3.28. The standard InChI is InChI=1S/C16H20O/c17-15-4-2-1-3-14(15)16-8-11-5-12(9-16)7-13(6-11)10-16/h1-4,11-13,17H,5-10H2. The Morgan fingerprint density at radius 1 is 0.882 bits per heavy atom. The van der Waals surface area contributed by atoms with Crippen LogP contribution >= 0.6 is 0 Å². The molecule has 17 heavy (non-hydrogen) atoms. The number of aromatic hydroxyl groups is 1. The van der Waals surface area contributed by atoms with Gasteiger partial charge in [0.15, 0.2) is 0 Å². The van der Waals surface area contributed by atoms with Crippen LogP contribution in [0.1, 0.15) is 44.1 Å². The van der Waals surface area contributed by atoms with Gasteiger partial charge < -0.3 is 5.11 Å². The lowest BCUT2D eigenvalue weighted by atomic mass is 9.48. The van der Waals surface area contributed by atoms with Gasteiger partial charge in [0.25, 0.3) is 0 Å². The molecule has 0 radical (unpaired) electrons. The summed E-state index contributed by atoms with van der Waals surface area (Å²) in [7, 11) is 0. The van der Waals surface area contributed by atoms with E-state index in [1.54, 1.807) is 0 Å². The first-order valence-corrected chi connectivity index (χ1v) is 7.04. The Morgan fingerprint density at radius 3 is 1.94 bits per heavy atom. The zero-order chi connectivity index (χ0) is 11.5. The van der Waals surface area contributed by atoms with Crippen molar-refractivity contribution in [1.82, 2.24) is 0 Å². The first kappa shape index (κ1) is 9.99.